The number of aliphatic imine (C=N–C) groups is 1. The van der Waals surface area contributed by atoms with E-state index in [0.717, 1.165) is 48.5 Å². The maximum absolute atomic E-state index is 13.3. The molecular weight excluding hydrogens is 566 g/mol. The Hall–Kier alpha value is -3.46. The zero-order chi connectivity index (χ0) is 32.2. The molecule has 0 bridgehead atoms. The van der Waals surface area contributed by atoms with Crippen LogP contribution in [-0.2, 0) is 4.79 Å². The van der Waals surface area contributed by atoms with Crippen LogP contribution >= 0.6 is 0 Å². The van der Waals surface area contributed by atoms with E-state index in [0.29, 0.717) is 51.7 Å². The van der Waals surface area contributed by atoms with Crippen molar-refractivity contribution in [3.05, 3.63) is 78.4 Å². The number of phenols is 1. The number of aryl methyl sites for hydroxylation is 1. The summed E-state index contributed by atoms with van der Waals surface area (Å²) in [6, 6.07) is 15.3. The number of carbonyl (C=O) groups is 1. The lowest BCUT2D eigenvalue weighted by Gasteiger charge is -2.28. The number of anilines is 2. The molecule has 4 N–H and O–H groups in total. The number of amidine groups is 1. The number of aliphatic hydroxyl groups is 3. The molecule has 1 amide bonds. The van der Waals surface area contributed by atoms with E-state index in [9.17, 15) is 25.2 Å². The van der Waals surface area contributed by atoms with E-state index in [1.165, 1.54) is 0 Å². The van der Waals surface area contributed by atoms with Gasteiger partial charge in [-0.1, -0.05) is 74.3 Å². The van der Waals surface area contributed by atoms with Gasteiger partial charge in [-0.15, -0.1) is 0 Å². The van der Waals surface area contributed by atoms with Crippen LogP contribution in [0, 0.1) is 18.8 Å². The topological polar surface area (TPSA) is 117 Å². The van der Waals surface area contributed by atoms with Gasteiger partial charge in [0.05, 0.1) is 31.4 Å². The summed E-state index contributed by atoms with van der Waals surface area (Å²) in [5.74, 6) is 0.683. The highest BCUT2D eigenvalue weighted by molar-refractivity contribution is 6.02. The van der Waals surface area contributed by atoms with E-state index in [-0.39, 0.29) is 23.5 Å². The molecule has 2 aliphatic rings. The molecule has 244 valence electrons. The molecule has 0 spiro atoms. The first-order valence-corrected chi connectivity index (χ1v) is 16.6. The SMILES string of the molecule is CCCCC[C@H](O)C=C[C@@H]1[C@@H](CC=CCCCC(=O)N2CCN=C2CN(c2ccc(C)cc2)c2cccc(O)c2)[C@@H](O)C[C@H]1O. The van der Waals surface area contributed by atoms with Crippen LogP contribution < -0.4 is 4.90 Å². The zero-order valence-electron chi connectivity index (χ0n) is 26.8. The zero-order valence-corrected chi connectivity index (χ0v) is 26.8. The van der Waals surface area contributed by atoms with Crippen molar-refractivity contribution in [1.82, 2.24) is 4.90 Å². The van der Waals surface area contributed by atoms with Gasteiger partial charge in [0.2, 0.25) is 5.91 Å². The summed E-state index contributed by atoms with van der Waals surface area (Å²) in [7, 11) is 0. The van der Waals surface area contributed by atoms with Crippen molar-refractivity contribution in [2.75, 3.05) is 24.5 Å². The summed E-state index contributed by atoms with van der Waals surface area (Å²) < 4.78 is 0. The van der Waals surface area contributed by atoms with E-state index in [4.69, 9.17) is 0 Å². The van der Waals surface area contributed by atoms with Crippen LogP contribution in [0.25, 0.3) is 0 Å². The van der Waals surface area contributed by atoms with Crippen molar-refractivity contribution in [3.8, 4) is 5.75 Å². The number of aliphatic hydroxyl groups excluding tert-OH is 3. The molecule has 4 rings (SSSR count). The van der Waals surface area contributed by atoms with Gasteiger partial charge in [-0.05, 0) is 62.8 Å². The van der Waals surface area contributed by atoms with E-state index in [1.807, 2.05) is 55.5 Å². The summed E-state index contributed by atoms with van der Waals surface area (Å²) in [6.07, 6.45) is 12.8. The molecule has 0 unspecified atom stereocenters. The smallest absolute Gasteiger partial charge is 0.228 e. The number of rotatable bonds is 16. The third-order valence-electron chi connectivity index (χ3n) is 8.93. The number of unbranched alkanes of at least 4 members (excludes halogenated alkanes) is 3. The standard InChI is InChI=1S/C37H51N3O5/c1-3-4-7-12-30(41)20-21-33-32(34(43)25-35(33)44)14-8-5-6-9-15-37(45)39-23-22-38-36(39)26-40(28-18-16-27(2)17-19-28)29-11-10-13-31(42)24-29/h5,8,10-11,13,16-21,24,30,32-35,41-44H,3-4,6-7,9,12,14-15,22-23,25-26H2,1-2H3/t30-,32+,33+,34-,35+/m0/s1. The molecule has 2 aromatic carbocycles. The van der Waals surface area contributed by atoms with Crippen molar-refractivity contribution in [2.45, 2.75) is 89.9 Å². The monoisotopic (exact) mass is 617 g/mol. The predicted molar refractivity (Wildman–Crippen MR) is 181 cm³/mol. The van der Waals surface area contributed by atoms with Crippen LogP contribution in [-0.4, -0.2) is 75.0 Å². The fraction of sp³-hybridized carbons (Fsp3) is 0.514. The van der Waals surface area contributed by atoms with Gasteiger partial charge in [0, 0.05) is 42.7 Å². The second kappa shape index (κ2) is 17.3. The number of benzene rings is 2. The molecule has 8 nitrogen and oxygen atoms in total. The number of amides is 1. The Kier molecular flexibility index (Phi) is 13.2. The molecule has 0 saturated heterocycles. The predicted octanol–water partition coefficient (Wildman–Crippen LogP) is 6.05. The van der Waals surface area contributed by atoms with Gasteiger partial charge in [-0.3, -0.25) is 14.7 Å². The second-order valence-corrected chi connectivity index (χ2v) is 12.4. The molecule has 0 aromatic heterocycles. The van der Waals surface area contributed by atoms with Crippen molar-refractivity contribution in [1.29, 1.82) is 0 Å². The minimum absolute atomic E-state index is 0.0523. The number of hydrogen-bond donors (Lipinski definition) is 4. The third-order valence-corrected chi connectivity index (χ3v) is 8.93. The number of nitrogens with zero attached hydrogens (tertiary/aromatic N) is 3. The normalized spacial score (nSPS) is 22.4. The Bertz CT molecular complexity index is 1310. The average molecular weight is 618 g/mol. The summed E-state index contributed by atoms with van der Waals surface area (Å²) >= 11 is 0. The van der Waals surface area contributed by atoms with E-state index in [1.54, 1.807) is 23.1 Å². The van der Waals surface area contributed by atoms with Crippen LogP contribution in [0.4, 0.5) is 11.4 Å². The maximum Gasteiger partial charge on any atom is 0.228 e. The number of aromatic hydroxyl groups is 1. The first-order chi connectivity index (χ1) is 21.8. The molecule has 1 saturated carbocycles. The highest BCUT2D eigenvalue weighted by Gasteiger charge is 2.39. The summed E-state index contributed by atoms with van der Waals surface area (Å²) in [4.78, 5) is 21.8. The number of carbonyl (C=O) groups excluding carboxylic acids is 1. The number of hydrogen-bond acceptors (Lipinski definition) is 7. The second-order valence-electron chi connectivity index (χ2n) is 12.4. The average Bonchev–Trinajstić information content (AvgIpc) is 3.60. The van der Waals surface area contributed by atoms with E-state index in [2.05, 4.69) is 22.9 Å². The molecular formula is C37H51N3O5. The fourth-order valence-electron chi connectivity index (χ4n) is 6.30. The van der Waals surface area contributed by atoms with Crippen LogP contribution in [0.1, 0.15) is 70.3 Å². The van der Waals surface area contributed by atoms with Crippen LogP contribution in [0.15, 0.2) is 77.8 Å². The van der Waals surface area contributed by atoms with Crippen molar-refractivity contribution < 1.29 is 25.2 Å². The highest BCUT2D eigenvalue weighted by atomic mass is 16.3. The number of allylic oxidation sites excluding steroid dienone is 2. The highest BCUT2D eigenvalue weighted by Crippen LogP contribution is 2.36. The minimum atomic E-state index is -0.610. The quantitative estimate of drug-likeness (QED) is 0.135. The first-order valence-electron chi connectivity index (χ1n) is 16.6. The third kappa shape index (κ3) is 10.0. The van der Waals surface area contributed by atoms with Gasteiger partial charge in [-0.25, -0.2) is 0 Å². The maximum atomic E-state index is 13.3. The molecule has 1 aliphatic carbocycles. The largest absolute Gasteiger partial charge is 0.508 e. The van der Waals surface area contributed by atoms with Crippen molar-refractivity contribution >= 4 is 23.1 Å². The van der Waals surface area contributed by atoms with E-state index >= 15 is 0 Å². The summed E-state index contributed by atoms with van der Waals surface area (Å²) in [5.41, 5.74) is 2.94. The molecule has 1 heterocycles. The van der Waals surface area contributed by atoms with E-state index < -0.39 is 18.3 Å². The lowest BCUT2D eigenvalue weighted by atomic mass is 9.89. The fourth-order valence-corrected chi connectivity index (χ4v) is 6.30. The first kappa shape index (κ1) is 34.4. The molecule has 45 heavy (non-hydrogen) atoms. The summed E-state index contributed by atoms with van der Waals surface area (Å²) in [5, 5.41) is 41.4. The van der Waals surface area contributed by atoms with Gasteiger partial charge < -0.3 is 25.3 Å². The Labute approximate surface area is 268 Å². The van der Waals surface area contributed by atoms with Gasteiger partial charge in [0.1, 0.15) is 11.6 Å². The Morgan fingerprint density at radius 3 is 2.62 bits per heavy atom. The molecule has 1 aliphatic heterocycles. The molecule has 5 atom stereocenters. The van der Waals surface area contributed by atoms with Gasteiger partial charge in [0.15, 0.2) is 0 Å². The molecule has 8 heteroatoms. The van der Waals surface area contributed by atoms with Crippen LogP contribution in [0.2, 0.25) is 0 Å². The van der Waals surface area contributed by atoms with Crippen LogP contribution in [0.5, 0.6) is 5.75 Å². The molecule has 2 aromatic rings. The number of phenolic OH excluding ortho intramolecular Hbond substituents is 1. The van der Waals surface area contributed by atoms with Crippen LogP contribution in [0.3, 0.4) is 0 Å². The van der Waals surface area contributed by atoms with Gasteiger partial charge in [-0.2, -0.15) is 0 Å². The lowest BCUT2D eigenvalue weighted by molar-refractivity contribution is -0.127. The van der Waals surface area contributed by atoms with Crippen molar-refractivity contribution in [3.63, 3.8) is 0 Å². The Morgan fingerprint density at radius 2 is 1.87 bits per heavy atom. The molecule has 1 fully saturated rings. The lowest BCUT2D eigenvalue weighted by Crippen LogP contribution is -2.40. The summed E-state index contributed by atoms with van der Waals surface area (Å²) in [6.45, 7) is 5.73. The minimum Gasteiger partial charge on any atom is -0.508 e. The van der Waals surface area contributed by atoms with Crippen molar-refractivity contribution in [2.24, 2.45) is 16.8 Å². The van der Waals surface area contributed by atoms with Gasteiger partial charge in [0.25, 0.3) is 0 Å². The Morgan fingerprint density at radius 1 is 1.07 bits per heavy atom. The Balaban J connectivity index is 1.27. The van der Waals surface area contributed by atoms with Gasteiger partial charge >= 0.3 is 0 Å². The molecule has 0 radical (unpaired) electrons.